The lowest BCUT2D eigenvalue weighted by Gasteiger charge is -2.13. The molecule has 1 heterocycles. The van der Waals surface area contributed by atoms with Crippen molar-refractivity contribution in [3.8, 4) is 17.2 Å². The van der Waals surface area contributed by atoms with Gasteiger partial charge in [0.05, 0.1) is 32.5 Å². The van der Waals surface area contributed by atoms with Gasteiger partial charge in [0, 0.05) is 11.8 Å². The van der Waals surface area contributed by atoms with Crippen LogP contribution in [0.25, 0.3) is 5.69 Å². The number of aromatic nitrogens is 2. The molecule has 0 radical (unpaired) electrons. The Morgan fingerprint density at radius 2 is 1.55 bits per heavy atom. The van der Waals surface area contributed by atoms with E-state index in [1.807, 2.05) is 0 Å². The Morgan fingerprint density at radius 1 is 0.939 bits per heavy atom. The average Bonchev–Trinajstić information content (AvgIpc) is 2.82. The maximum absolute atomic E-state index is 12.9. The van der Waals surface area contributed by atoms with Crippen LogP contribution >= 0.6 is 0 Å². The molecule has 1 amide bonds. The molecule has 0 aliphatic carbocycles. The van der Waals surface area contributed by atoms with Crippen molar-refractivity contribution in [2.24, 2.45) is 0 Å². The molecule has 170 valence electrons. The van der Waals surface area contributed by atoms with Crippen molar-refractivity contribution in [2.75, 3.05) is 26.6 Å². The van der Waals surface area contributed by atoms with Crippen LogP contribution in [0, 0.1) is 0 Å². The Bertz CT molecular complexity index is 1260. The molecule has 3 aromatic rings. The summed E-state index contributed by atoms with van der Waals surface area (Å²) in [5.74, 6) is -2.75. The number of anilines is 1. The van der Waals surface area contributed by atoms with Crippen molar-refractivity contribution in [1.29, 1.82) is 0 Å². The Hall–Kier alpha value is -4.67. The van der Waals surface area contributed by atoms with Crippen molar-refractivity contribution in [1.82, 2.24) is 9.78 Å². The summed E-state index contributed by atoms with van der Waals surface area (Å²) >= 11 is 0. The Morgan fingerprint density at radius 3 is 2.12 bits per heavy atom. The molecular formula is C22H19N3O8. The van der Waals surface area contributed by atoms with Crippen LogP contribution in [0.1, 0.15) is 31.2 Å². The van der Waals surface area contributed by atoms with Crippen LogP contribution in [0.15, 0.2) is 53.3 Å². The summed E-state index contributed by atoms with van der Waals surface area (Å²) in [6.45, 7) is 0. The summed E-state index contributed by atoms with van der Waals surface area (Å²) < 4.78 is 15.4. The molecule has 33 heavy (non-hydrogen) atoms. The molecule has 3 rings (SSSR count). The zero-order chi connectivity index (χ0) is 24.1. The molecule has 0 unspecified atom stereocenters. The van der Waals surface area contributed by atoms with Gasteiger partial charge in [0.15, 0.2) is 11.4 Å². The van der Waals surface area contributed by atoms with Crippen molar-refractivity contribution in [2.45, 2.75) is 0 Å². The van der Waals surface area contributed by atoms with E-state index >= 15 is 0 Å². The SMILES string of the molecule is COC(=O)c1cc(NC(=O)c2nn(-c3ccccc3OC)c(=O)cc2O)cc(C(=O)OC)c1. The van der Waals surface area contributed by atoms with Crippen molar-refractivity contribution in [3.63, 3.8) is 0 Å². The first-order valence-electron chi connectivity index (χ1n) is 9.38. The summed E-state index contributed by atoms with van der Waals surface area (Å²) in [6.07, 6.45) is 0. The molecule has 11 heteroatoms. The number of para-hydroxylation sites is 2. The highest BCUT2D eigenvalue weighted by molar-refractivity contribution is 6.06. The fraction of sp³-hybridized carbons (Fsp3) is 0.136. The quantitative estimate of drug-likeness (QED) is 0.533. The minimum absolute atomic E-state index is 0.0214. The van der Waals surface area contributed by atoms with Gasteiger partial charge in [-0.15, -0.1) is 0 Å². The normalized spacial score (nSPS) is 10.3. The van der Waals surface area contributed by atoms with Crippen LogP contribution in [-0.2, 0) is 9.47 Å². The van der Waals surface area contributed by atoms with Gasteiger partial charge in [-0.3, -0.25) is 9.59 Å². The maximum atomic E-state index is 12.9. The Kier molecular flexibility index (Phi) is 6.72. The van der Waals surface area contributed by atoms with Gasteiger partial charge in [0.1, 0.15) is 11.4 Å². The third kappa shape index (κ3) is 4.82. The van der Waals surface area contributed by atoms with E-state index < -0.39 is 34.8 Å². The number of rotatable bonds is 6. The van der Waals surface area contributed by atoms with Crippen molar-refractivity contribution >= 4 is 23.5 Å². The van der Waals surface area contributed by atoms with E-state index in [1.54, 1.807) is 24.3 Å². The van der Waals surface area contributed by atoms with Crippen LogP contribution < -0.4 is 15.6 Å². The number of nitrogens with one attached hydrogen (secondary N) is 1. The maximum Gasteiger partial charge on any atom is 0.337 e. The van der Waals surface area contributed by atoms with Crippen LogP contribution in [0.2, 0.25) is 0 Å². The zero-order valence-corrected chi connectivity index (χ0v) is 17.8. The lowest BCUT2D eigenvalue weighted by molar-refractivity contribution is 0.0598. The average molecular weight is 453 g/mol. The third-order valence-electron chi connectivity index (χ3n) is 4.47. The molecule has 0 saturated carbocycles. The standard InChI is InChI=1S/C22H19N3O8/c1-31-17-7-5-4-6-15(17)25-18(27)11-16(26)19(24-25)20(28)23-14-9-12(21(29)32-2)8-13(10-14)22(30)33-3/h4-11,26H,1-3H3,(H,23,28). The number of esters is 2. The van der Waals surface area contributed by atoms with E-state index in [4.69, 9.17) is 4.74 Å². The van der Waals surface area contributed by atoms with Gasteiger partial charge in [-0.25, -0.2) is 9.59 Å². The van der Waals surface area contributed by atoms with Gasteiger partial charge < -0.3 is 24.6 Å². The van der Waals surface area contributed by atoms with Gasteiger partial charge in [0.25, 0.3) is 11.5 Å². The lowest BCUT2D eigenvalue weighted by Crippen LogP contribution is -2.25. The van der Waals surface area contributed by atoms with Crippen molar-refractivity contribution < 1.29 is 33.7 Å². The van der Waals surface area contributed by atoms with Crippen LogP contribution in [-0.4, -0.2) is 54.1 Å². The van der Waals surface area contributed by atoms with Gasteiger partial charge in [-0.05, 0) is 30.3 Å². The van der Waals surface area contributed by atoms with Crippen LogP contribution in [0.5, 0.6) is 11.5 Å². The van der Waals surface area contributed by atoms with Crippen LogP contribution in [0.4, 0.5) is 5.69 Å². The largest absolute Gasteiger partial charge is 0.505 e. The predicted octanol–water partition coefficient (Wildman–Crippen LogP) is 1.77. The smallest absolute Gasteiger partial charge is 0.337 e. The van der Waals surface area contributed by atoms with E-state index in [-0.39, 0.29) is 22.5 Å². The van der Waals surface area contributed by atoms with Gasteiger partial charge in [-0.2, -0.15) is 9.78 Å². The lowest BCUT2D eigenvalue weighted by atomic mass is 10.1. The third-order valence-corrected chi connectivity index (χ3v) is 4.47. The van der Waals surface area contributed by atoms with Gasteiger partial charge in [-0.1, -0.05) is 12.1 Å². The highest BCUT2D eigenvalue weighted by Crippen LogP contribution is 2.23. The van der Waals surface area contributed by atoms with E-state index in [0.29, 0.717) is 5.75 Å². The second kappa shape index (κ2) is 9.64. The van der Waals surface area contributed by atoms with E-state index in [9.17, 15) is 24.3 Å². The summed E-state index contributed by atoms with van der Waals surface area (Å²) in [5.41, 5.74) is -0.948. The topological polar surface area (TPSA) is 146 Å². The van der Waals surface area contributed by atoms with E-state index in [1.165, 1.54) is 25.3 Å². The minimum Gasteiger partial charge on any atom is -0.505 e. The first-order chi connectivity index (χ1) is 15.8. The number of carbonyl (C=O) groups is 3. The number of carbonyl (C=O) groups excluding carboxylic acids is 3. The molecule has 2 aromatic carbocycles. The van der Waals surface area contributed by atoms with Gasteiger partial charge in [0.2, 0.25) is 0 Å². The second-order valence-electron chi connectivity index (χ2n) is 6.54. The number of methoxy groups -OCH3 is 3. The summed E-state index contributed by atoms with van der Waals surface area (Å²) in [7, 11) is 3.73. The molecule has 0 aliphatic heterocycles. The molecule has 0 aliphatic rings. The molecule has 1 aromatic heterocycles. The monoisotopic (exact) mass is 453 g/mol. The molecule has 11 nitrogen and oxygen atoms in total. The van der Waals surface area contributed by atoms with Crippen LogP contribution in [0.3, 0.4) is 0 Å². The number of amides is 1. The van der Waals surface area contributed by atoms with Crippen molar-refractivity contribution in [3.05, 3.63) is 75.7 Å². The molecule has 0 atom stereocenters. The summed E-state index contributed by atoms with van der Waals surface area (Å²) in [4.78, 5) is 49.2. The Balaban J connectivity index is 2.04. The highest BCUT2D eigenvalue weighted by atomic mass is 16.5. The minimum atomic E-state index is -0.908. The highest BCUT2D eigenvalue weighted by Gasteiger charge is 2.20. The summed E-state index contributed by atoms with van der Waals surface area (Å²) in [5, 5.41) is 16.6. The Labute approximate surface area is 187 Å². The fourth-order valence-electron chi connectivity index (χ4n) is 2.95. The molecular weight excluding hydrogens is 434 g/mol. The predicted molar refractivity (Wildman–Crippen MR) is 115 cm³/mol. The first kappa shape index (κ1) is 23.0. The number of benzene rings is 2. The number of hydrogen-bond donors (Lipinski definition) is 2. The van der Waals surface area contributed by atoms with Gasteiger partial charge >= 0.3 is 11.9 Å². The molecule has 0 bridgehead atoms. The first-order valence-corrected chi connectivity index (χ1v) is 9.38. The second-order valence-corrected chi connectivity index (χ2v) is 6.54. The molecule has 0 saturated heterocycles. The van der Waals surface area contributed by atoms with E-state index in [0.717, 1.165) is 25.0 Å². The number of hydrogen-bond acceptors (Lipinski definition) is 9. The molecule has 0 fully saturated rings. The summed E-state index contributed by atoms with van der Waals surface area (Å²) in [6, 6.07) is 11.1. The molecule has 2 N–H and O–H groups in total. The fourth-order valence-corrected chi connectivity index (χ4v) is 2.95. The number of ether oxygens (including phenoxy) is 3. The zero-order valence-electron chi connectivity index (χ0n) is 17.8. The van der Waals surface area contributed by atoms with E-state index in [2.05, 4.69) is 19.9 Å². The number of aromatic hydroxyl groups is 1. The molecule has 0 spiro atoms. The number of nitrogens with zero attached hydrogens (tertiary/aromatic N) is 2.